The molecule has 1 aliphatic heterocycles. The number of Topliss-reactive ketones (excluding diaryl/α,β-unsaturated/α-hetero) is 1. The number of ether oxygens (including phenoxy) is 6. The van der Waals surface area contributed by atoms with Gasteiger partial charge in [0, 0.05) is 6.42 Å². The summed E-state index contributed by atoms with van der Waals surface area (Å²) < 4.78 is 38.1. The summed E-state index contributed by atoms with van der Waals surface area (Å²) in [6, 6.07) is 38.1. The van der Waals surface area contributed by atoms with Crippen LogP contribution in [0.1, 0.15) is 40.4 Å². The molecule has 4 aromatic rings. The molecule has 0 radical (unpaired) electrons. The Labute approximate surface area is 270 Å². The van der Waals surface area contributed by atoms with Crippen molar-refractivity contribution in [1.82, 2.24) is 0 Å². The molecule has 46 heavy (non-hydrogen) atoms. The van der Waals surface area contributed by atoms with E-state index in [1.54, 1.807) is 24.3 Å². The second-order valence-corrected chi connectivity index (χ2v) is 11.1. The molecule has 5 atom stereocenters. The number of rotatable bonds is 16. The van der Waals surface area contributed by atoms with Gasteiger partial charge in [-0.3, -0.25) is 4.79 Å². The number of esters is 1. The molecule has 5 rings (SSSR count). The number of benzene rings is 4. The van der Waals surface area contributed by atoms with Crippen LogP contribution in [0, 0.1) is 0 Å². The molecule has 0 aliphatic carbocycles. The lowest BCUT2D eigenvalue weighted by Gasteiger charge is -2.45. The van der Waals surface area contributed by atoms with E-state index in [2.05, 4.69) is 0 Å². The molecule has 3 unspecified atom stereocenters. The van der Waals surface area contributed by atoms with E-state index in [0.29, 0.717) is 12.2 Å². The molecule has 0 spiro atoms. The van der Waals surface area contributed by atoms with Crippen LogP contribution in [-0.4, -0.2) is 55.7 Å². The molecule has 1 saturated heterocycles. The van der Waals surface area contributed by atoms with Gasteiger partial charge in [-0.25, -0.2) is 4.79 Å². The molecule has 8 nitrogen and oxygen atoms in total. The molecule has 4 aromatic carbocycles. The fourth-order valence-electron chi connectivity index (χ4n) is 5.15. The van der Waals surface area contributed by atoms with Crippen molar-refractivity contribution in [1.29, 1.82) is 0 Å². The van der Waals surface area contributed by atoms with Crippen LogP contribution in [0.25, 0.3) is 0 Å². The molecule has 0 aromatic heterocycles. The van der Waals surface area contributed by atoms with Crippen molar-refractivity contribution in [2.75, 3.05) is 13.2 Å². The zero-order valence-electron chi connectivity index (χ0n) is 25.9. The summed E-state index contributed by atoms with van der Waals surface area (Å²) in [5.74, 6) is -0.583. The summed E-state index contributed by atoms with van der Waals surface area (Å²) >= 11 is 0. The Bertz CT molecular complexity index is 1470. The topological polar surface area (TPSA) is 89.5 Å². The molecule has 1 heterocycles. The molecule has 0 saturated carbocycles. The Hall–Kier alpha value is -4.18. The zero-order valence-corrected chi connectivity index (χ0v) is 25.9. The highest BCUT2D eigenvalue weighted by molar-refractivity contribution is 5.89. The van der Waals surface area contributed by atoms with Crippen molar-refractivity contribution in [2.24, 2.45) is 0 Å². The average molecular weight is 625 g/mol. The Morgan fingerprint density at radius 1 is 0.609 bits per heavy atom. The molecule has 0 N–H and O–H groups in total. The van der Waals surface area contributed by atoms with Crippen molar-refractivity contribution < 1.29 is 38.0 Å². The first-order valence-corrected chi connectivity index (χ1v) is 15.5. The summed E-state index contributed by atoms with van der Waals surface area (Å²) in [5.41, 5.74) is 3.29. The van der Waals surface area contributed by atoms with Crippen LogP contribution in [0.4, 0.5) is 0 Å². The smallest absolute Gasteiger partial charge is 0.338 e. The van der Waals surface area contributed by atoms with E-state index in [4.69, 9.17) is 28.4 Å². The lowest BCUT2D eigenvalue weighted by molar-refractivity contribution is -0.317. The van der Waals surface area contributed by atoms with Gasteiger partial charge in [0.25, 0.3) is 0 Å². The van der Waals surface area contributed by atoms with Crippen LogP contribution in [0.3, 0.4) is 0 Å². The zero-order chi connectivity index (χ0) is 32.0. The number of carbonyl (C=O) groups excluding carboxylic acids is 2. The SMILES string of the molecule is CC(=O)CCO[C@@H]1OC(COCc2ccccc2)[C@@H](OCc2ccccc2)C(OCc2ccccc2)C1OC(=O)c1ccccc1. The first-order valence-electron chi connectivity index (χ1n) is 15.5. The molecule has 0 amide bonds. The summed E-state index contributed by atoms with van der Waals surface area (Å²) in [6.07, 6.45) is -4.05. The highest BCUT2D eigenvalue weighted by Gasteiger charge is 2.50. The molecule has 0 bridgehead atoms. The van der Waals surface area contributed by atoms with Gasteiger partial charge in [-0.1, -0.05) is 109 Å². The van der Waals surface area contributed by atoms with Crippen molar-refractivity contribution in [3.05, 3.63) is 144 Å². The third kappa shape index (κ3) is 9.91. The van der Waals surface area contributed by atoms with E-state index in [1.807, 2.05) is 97.1 Å². The summed E-state index contributed by atoms with van der Waals surface area (Å²) in [5, 5.41) is 0. The average Bonchev–Trinajstić information content (AvgIpc) is 3.09. The standard InChI is InChI=1S/C38H40O8/c1-28(39)22-23-42-38-36(46-37(40)32-20-12-5-13-21-32)35(44-26-31-18-10-4-11-19-31)34(43-25-30-16-8-3-9-17-30)33(45-38)27-41-24-29-14-6-2-7-15-29/h2-21,33-36,38H,22-27H2,1H3/t33?,34-,35?,36?,38-/m1/s1. The summed E-state index contributed by atoms with van der Waals surface area (Å²) in [7, 11) is 0. The van der Waals surface area contributed by atoms with Gasteiger partial charge in [0.15, 0.2) is 12.4 Å². The molecular formula is C38H40O8. The predicted molar refractivity (Wildman–Crippen MR) is 172 cm³/mol. The number of ketones is 1. The highest BCUT2D eigenvalue weighted by Crippen LogP contribution is 2.32. The molecule has 240 valence electrons. The maximum Gasteiger partial charge on any atom is 0.338 e. The number of carbonyl (C=O) groups is 2. The van der Waals surface area contributed by atoms with Gasteiger partial charge in [0.1, 0.15) is 24.1 Å². The molecule has 8 heteroatoms. The maximum absolute atomic E-state index is 13.4. The Morgan fingerprint density at radius 2 is 1.11 bits per heavy atom. The Kier molecular flexibility index (Phi) is 12.6. The van der Waals surface area contributed by atoms with Gasteiger partial charge >= 0.3 is 5.97 Å². The monoisotopic (exact) mass is 624 g/mol. The predicted octanol–water partition coefficient (Wildman–Crippen LogP) is 6.32. The van der Waals surface area contributed by atoms with Gasteiger partial charge in [0.2, 0.25) is 0 Å². The van der Waals surface area contributed by atoms with Crippen LogP contribution in [0.2, 0.25) is 0 Å². The van der Waals surface area contributed by atoms with Crippen LogP contribution in [-0.2, 0) is 53.0 Å². The minimum absolute atomic E-state index is 0.0302. The molecular weight excluding hydrogens is 584 g/mol. The van der Waals surface area contributed by atoms with E-state index in [9.17, 15) is 9.59 Å². The normalized spacial score (nSPS) is 21.0. The second-order valence-electron chi connectivity index (χ2n) is 11.1. The van der Waals surface area contributed by atoms with Crippen molar-refractivity contribution >= 4 is 11.8 Å². The quantitative estimate of drug-likeness (QED) is 0.134. The lowest BCUT2D eigenvalue weighted by Crippen LogP contribution is -2.62. The second kappa shape index (κ2) is 17.5. The molecule has 1 aliphatic rings. The van der Waals surface area contributed by atoms with Crippen LogP contribution < -0.4 is 0 Å². The van der Waals surface area contributed by atoms with Gasteiger partial charge < -0.3 is 28.4 Å². The first-order chi connectivity index (χ1) is 22.6. The van der Waals surface area contributed by atoms with Gasteiger partial charge in [0.05, 0.1) is 38.6 Å². The Morgan fingerprint density at radius 3 is 1.65 bits per heavy atom. The van der Waals surface area contributed by atoms with E-state index < -0.39 is 36.7 Å². The number of hydrogen-bond acceptors (Lipinski definition) is 8. The van der Waals surface area contributed by atoms with Crippen molar-refractivity contribution in [3.8, 4) is 0 Å². The van der Waals surface area contributed by atoms with E-state index >= 15 is 0 Å². The van der Waals surface area contributed by atoms with Gasteiger partial charge in [-0.2, -0.15) is 0 Å². The Balaban J connectivity index is 1.45. The third-order valence-electron chi connectivity index (χ3n) is 7.54. The fourth-order valence-corrected chi connectivity index (χ4v) is 5.15. The third-order valence-corrected chi connectivity index (χ3v) is 7.54. The van der Waals surface area contributed by atoms with Gasteiger partial charge in [-0.15, -0.1) is 0 Å². The van der Waals surface area contributed by atoms with Crippen molar-refractivity contribution in [2.45, 2.75) is 63.9 Å². The van der Waals surface area contributed by atoms with Crippen LogP contribution in [0.5, 0.6) is 0 Å². The largest absolute Gasteiger partial charge is 0.450 e. The van der Waals surface area contributed by atoms with E-state index in [1.165, 1.54) is 6.92 Å². The highest BCUT2D eigenvalue weighted by atomic mass is 16.7. The first kappa shape index (κ1) is 33.2. The minimum Gasteiger partial charge on any atom is -0.450 e. The minimum atomic E-state index is -1.05. The van der Waals surface area contributed by atoms with E-state index in [0.717, 1.165) is 16.7 Å². The summed E-state index contributed by atoms with van der Waals surface area (Å²) in [4.78, 5) is 25.2. The van der Waals surface area contributed by atoms with E-state index in [-0.39, 0.29) is 38.6 Å². The maximum atomic E-state index is 13.4. The lowest BCUT2D eigenvalue weighted by atomic mass is 9.97. The van der Waals surface area contributed by atoms with Gasteiger partial charge in [-0.05, 0) is 35.7 Å². The van der Waals surface area contributed by atoms with Crippen molar-refractivity contribution in [3.63, 3.8) is 0 Å². The fraction of sp³-hybridized carbons (Fsp3) is 0.316. The van der Waals surface area contributed by atoms with Crippen LogP contribution in [0.15, 0.2) is 121 Å². The van der Waals surface area contributed by atoms with Crippen LogP contribution >= 0.6 is 0 Å². The molecule has 1 fully saturated rings. The number of hydrogen-bond donors (Lipinski definition) is 0. The summed E-state index contributed by atoms with van der Waals surface area (Å²) in [6.45, 7) is 2.60.